The summed E-state index contributed by atoms with van der Waals surface area (Å²) in [4.78, 5) is 11.3. The van der Waals surface area contributed by atoms with Gasteiger partial charge in [-0.3, -0.25) is 0 Å². The van der Waals surface area contributed by atoms with Gasteiger partial charge in [-0.1, -0.05) is 30.3 Å². The monoisotopic (exact) mass is 192 g/mol. The standard InChI is InChI=1S/C10H12N2O2/c1-2-14-10(13)9(12-11)8-6-4-3-5-7-8/h3-7H,2,11H2,1H3/b12-9-. The van der Waals surface area contributed by atoms with Crippen LogP contribution in [0.25, 0.3) is 0 Å². The van der Waals surface area contributed by atoms with Crippen LogP contribution >= 0.6 is 0 Å². The Morgan fingerprint density at radius 2 is 2.07 bits per heavy atom. The maximum absolute atomic E-state index is 11.3. The van der Waals surface area contributed by atoms with Crippen LogP contribution in [0, 0.1) is 0 Å². The van der Waals surface area contributed by atoms with Crippen molar-refractivity contribution in [2.45, 2.75) is 6.92 Å². The number of hydrogen-bond donors (Lipinski definition) is 1. The van der Waals surface area contributed by atoms with E-state index in [0.717, 1.165) is 0 Å². The predicted octanol–water partition coefficient (Wildman–Crippen LogP) is 0.912. The summed E-state index contributed by atoms with van der Waals surface area (Å²) >= 11 is 0. The maximum atomic E-state index is 11.3. The Labute approximate surface area is 82.4 Å². The normalized spacial score (nSPS) is 11.1. The lowest BCUT2D eigenvalue weighted by molar-refractivity contribution is -0.134. The Bertz CT molecular complexity index is 333. The molecule has 0 unspecified atom stereocenters. The zero-order chi connectivity index (χ0) is 10.4. The van der Waals surface area contributed by atoms with Crippen molar-refractivity contribution in [2.75, 3.05) is 6.61 Å². The number of carbonyl (C=O) groups excluding carboxylic acids is 1. The van der Waals surface area contributed by atoms with Gasteiger partial charge >= 0.3 is 5.97 Å². The minimum atomic E-state index is -0.499. The highest BCUT2D eigenvalue weighted by molar-refractivity contribution is 6.43. The van der Waals surface area contributed by atoms with Crippen molar-refractivity contribution in [1.29, 1.82) is 0 Å². The molecule has 0 aromatic heterocycles. The number of rotatable bonds is 3. The SMILES string of the molecule is CCOC(=O)/C(=N\N)c1ccccc1. The molecule has 0 amide bonds. The molecule has 0 heterocycles. The van der Waals surface area contributed by atoms with Crippen LogP contribution in [0.15, 0.2) is 35.4 Å². The quantitative estimate of drug-likeness (QED) is 0.335. The van der Waals surface area contributed by atoms with E-state index in [4.69, 9.17) is 10.6 Å². The molecule has 74 valence electrons. The van der Waals surface area contributed by atoms with Crippen LogP contribution in [0.5, 0.6) is 0 Å². The zero-order valence-corrected chi connectivity index (χ0v) is 7.93. The van der Waals surface area contributed by atoms with Gasteiger partial charge in [-0.15, -0.1) is 0 Å². The summed E-state index contributed by atoms with van der Waals surface area (Å²) in [6.45, 7) is 2.04. The fourth-order valence-electron chi connectivity index (χ4n) is 1.04. The third kappa shape index (κ3) is 2.32. The van der Waals surface area contributed by atoms with Gasteiger partial charge in [0.1, 0.15) is 0 Å². The van der Waals surface area contributed by atoms with Crippen molar-refractivity contribution in [3.63, 3.8) is 0 Å². The first kappa shape index (κ1) is 10.2. The van der Waals surface area contributed by atoms with Gasteiger partial charge in [-0.2, -0.15) is 5.10 Å². The van der Waals surface area contributed by atoms with E-state index in [1.807, 2.05) is 6.07 Å². The fraction of sp³-hybridized carbons (Fsp3) is 0.200. The van der Waals surface area contributed by atoms with Gasteiger partial charge in [0, 0.05) is 5.56 Å². The third-order valence-electron chi connectivity index (χ3n) is 1.65. The number of nitrogens with two attached hydrogens (primary N) is 1. The van der Waals surface area contributed by atoms with Crippen molar-refractivity contribution in [2.24, 2.45) is 10.9 Å². The molecule has 1 rings (SSSR count). The van der Waals surface area contributed by atoms with Gasteiger partial charge in [0.2, 0.25) is 0 Å². The lowest BCUT2D eigenvalue weighted by atomic mass is 10.1. The Morgan fingerprint density at radius 1 is 1.43 bits per heavy atom. The van der Waals surface area contributed by atoms with E-state index in [0.29, 0.717) is 12.2 Å². The lowest BCUT2D eigenvalue weighted by Crippen LogP contribution is -2.20. The first-order chi connectivity index (χ1) is 6.79. The van der Waals surface area contributed by atoms with Crippen LogP contribution in [-0.4, -0.2) is 18.3 Å². The van der Waals surface area contributed by atoms with E-state index in [-0.39, 0.29) is 5.71 Å². The molecule has 0 saturated carbocycles. The van der Waals surface area contributed by atoms with Crippen molar-refractivity contribution >= 4 is 11.7 Å². The molecule has 0 aliphatic carbocycles. The molecule has 0 aliphatic rings. The number of hydrazone groups is 1. The summed E-state index contributed by atoms with van der Waals surface area (Å²) in [5, 5.41) is 3.42. The highest BCUT2D eigenvalue weighted by Gasteiger charge is 2.13. The summed E-state index contributed by atoms with van der Waals surface area (Å²) < 4.78 is 4.80. The van der Waals surface area contributed by atoms with Crippen LogP contribution < -0.4 is 5.84 Å². The van der Waals surface area contributed by atoms with Gasteiger partial charge in [0.15, 0.2) is 5.71 Å². The molecule has 4 heteroatoms. The van der Waals surface area contributed by atoms with E-state index >= 15 is 0 Å². The van der Waals surface area contributed by atoms with Gasteiger partial charge in [0.05, 0.1) is 6.61 Å². The molecule has 0 radical (unpaired) electrons. The van der Waals surface area contributed by atoms with Crippen molar-refractivity contribution < 1.29 is 9.53 Å². The highest BCUT2D eigenvalue weighted by Crippen LogP contribution is 2.02. The van der Waals surface area contributed by atoms with Crippen LogP contribution in [0.4, 0.5) is 0 Å². The summed E-state index contributed by atoms with van der Waals surface area (Å²) in [5.41, 5.74) is 0.806. The third-order valence-corrected chi connectivity index (χ3v) is 1.65. The molecular weight excluding hydrogens is 180 g/mol. The van der Waals surface area contributed by atoms with Gasteiger partial charge in [0.25, 0.3) is 0 Å². The number of carbonyl (C=O) groups is 1. The summed E-state index contributed by atoms with van der Waals surface area (Å²) in [6, 6.07) is 8.97. The molecular formula is C10H12N2O2. The molecule has 0 fully saturated rings. The van der Waals surface area contributed by atoms with Gasteiger partial charge in [-0.05, 0) is 6.92 Å². The number of hydrogen-bond acceptors (Lipinski definition) is 4. The van der Waals surface area contributed by atoms with Gasteiger partial charge in [-0.25, -0.2) is 4.79 Å². The molecule has 2 N–H and O–H groups in total. The maximum Gasteiger partial charge on any atom is 0.359 e. The molecule has 14 heavy (non-hydrogen) atoms. The average molecular weight is 192 g/mol. The van der Waals surface area contributed by atoms with Crippen LogP contribution in [0.3, 0.4) is 0 Å². The molecule has 0 bridgehead atoms. The van der Waals surface area contributed by atoms with Crippen molar-refractivity contribution in [3.8, 4) is 0 Å². The number of ether oxygens (including phenoxy) is 1. The van der Waals surface area contributed by atoms with Crippen LogP contribution in [0.1, 0.15) is 12.5 Å². The van der Waals surface area contributed by atoms with E-state index in [9.17, 15) is 4.79 Å². The van der Waals surface area contributed by atoms with Crippen LogP contribution in [-0.2, 0) is 9.53 Å². The molecule has 1 aromatic carbocycles. The Kier molecular flexibility index (Phi) is 3.67. The Hall–Kier alpha value is -1.84. The first-order valence-electron chi connectivity index (χ1n) is 4.30. The predicted molar refractivity (Wildman–Crippen MR) is 53.8 cm³/mol. The van der Waals surface area contributed by atoms with Crippen molar-refractivity contribution in [1.82, 2.24) is 0 Å². The number of benzene rings is 1. The largest absolute Gasteiger partial charge is 0.461 e. The van der Waals surface area contributed by atoms with Gasteiger partial charge < -0.3 is 10.6 Å². The van der Waals surface area contributed by atoms with E-state index in [2.05, 4.69) is 5.10 Å². The second-order valence-corrected chi connectivity index (χ2v) is 2.56. The summed E-state index contributed by atoms with van der Waals surface area (Å²) in [7, 11) is 0. The minimum Gasteiger partial charge on any atom is -0.461 e. The second-order valence-electron chi connectivity index (χ2n) is 2.56. The number of esters is 1. The molecule has 0 aliphatic heterocycles. The molecule has 0 spiro atoms. The topological polar surface area (TPSA) is 64.7 Å². The second kappa shape index (κ2) is 5.01. The van der Waals surface area contributed by atoms with E-state index < -0.39 is 5.97 Å². The highest BCUT2D eigenvalue weighted by atomic mass is 16.5. The molecule has 0 atom stereocenters. The first-order valence-corrected chi connectivity index (χ1v) is 4.30. The van der Waals surface area contributed by atoms with Crippen LogP contribution in [0.2, 0.25) is 0 Å². The van der Waals surface area contributed by atoms with E-state index in [1.165, 1.54) is 0 Å². The Balaban J connectivity index is 2.89. The van der Waals surface area contributed by atoms with Crippen molar-refractivity contribution in [3.05, 3.63) is 35.9 Å². The molecule has 0 saturated heterocycles. The summed E-state index contributed by atoms with van der Waals surface area (Å²) in [6.07, 6.45) is 0. The molecule has 4 nitrogen and oxygen atoms in total. The minimum absolute atomic E-state index is 0.146. The number of nitrogens with zero attached hydrogens (tertiary/aromatic N) is 1. The average Bonchev–Trinajstić information content (AvgIpc) is 2.21. The van der Waals surface area contributed by atoms with E-state index in [1.54, 1.807) is 31.2 Å². The zero-order valence-electron chi connectivity index (χ0n) is 7.93. The fourth-order valence-corrected chi connectivity index (χ4v) is 1.04. The smallest absolute Gasteiger partial charge is 0.359 e. The lowest BCUT2D eigenvalue weighted by Gasteiger charge is -2.03. The summed E-state index contributed by atoms with van der Waals surface area (Å²) in [5.74, 6) is 4.62. The Morgan fingerprint density at radius 3 is 2.57 bits per heavy atom. The molecule has 1 aromatic rings.